The summed E-state index contributed by atoms with van der Waals surface area (Å²) in [6.45, 7) is 3.31. The molecule has 0 saturated carbocycles. The highest BCUT2D eigenvalue weighted by Crippen LogP contribution is 2.39. The van der Waals surface area contributed by atoms with Gasteiger partial charge in [0, 0.05) is 31.7 Å². The zero-order valence-electron chi connectivity index (χ0n) is 18.1. The van der Waals surface area contributed by atoms with Crippen LogP contribution in [0.25, 0.3) is 5.76 Å². The molecule has 0 aromatic heterocycles. The first kappa shape index (κ1) is 22.9. The van der Waals surface area contributed by atoms with Gasteiger partial charge in [-0.1, -0.05) is 12.1 Å². The lowest BCUT2D eigenvalue weighted by Crippen LogP contribution is -2.42. The molecule has 174 valence electrons. The van der Waals surface area contributed by atoms with Crippen molar-refractivity contribution < 1.29 is 33.0 Å². The lowest BCUT2D eigenvalue weighted by atomic mass is 9.95. The van der Waals surface area contributed by atoms with Crippen LogP contribution in [0.1, 0.15) is 17.2 Å². The molecule has 0 radical (unpaired) electrons. The van der Waals surface area contributed by atoms with Gasteiger partial charge in [-0.15, -0.1) is 0 Å². The highest BCUT2D eigenvalue weighted by Gasteiger charge is 2.46. The lowest BCUT2D eigenvalue weighted by molar-refractivity contribution is -0.140. The molecule has 1 amide bonds. The molecule has 2 fully saturated rings. The number of benzene rings is 2. The number of ketones is 1. The van der Waals surface area contributed by atoms with E-state index in [1.54, 1.807) is 0 Å². The molecule has 2 aromatic rings. The van der Waals surface area contributed by atoms with Crippen LogP contribution in [-0.2, 0) is 14.3 Å². The Kier molecular flexibility index (Phi) is 6.71. The summed E-state index contributed by atoms with van der Waals surface area (Å²) < 4.78 is 38.1. The van der Waals surface area contributed by atoms with E-state index in [2.05, 4.69) is 4.90 Å². The normalized spacial score (nSPS) is 20.9. The molecule has 2 aliphatic rings. The monoisotopic (exact) mass is 458 g/mol. The summed E-state index contributed by atoms with van der Waals surface area (Å²) in [5.74, 6) is -3.36. The second-order valence-electron chi connectivity index (χ2n) is 7.85. The fourth-order valence-corrected chi connectivity index (χ4v) is 4.15. The number of rotatable bonds is 6. The molecule has 2 aromatic carbocycles. The van der Waals surface area contributed by atoms with Crippen LogP contribution < -0.4 is 4.74 Å². The van der Waals surface area contributed by atoms with E-state index < -0.39 is 35.1 Å². The summed E-state index contributed by atoms with van der Waals surface area (Å²) in [6.07, 6.45) is 0. The maximum absolute atomic E-state index is 14.3. The minimum atomic E-state index is -0.934. The van der Waals surface area contributed by atoms with Crippen molar-refractivity contribution in [2.24, 2.45) is 0 Å². The van der Waals surface area contributed by atoms with E-state index in [4.69, 9.17) is 9.47 Å². The van der Waals surface area contributed by atoms with Crippen LogP contribution in [0.3, 0.4) is 0 Å². The zero-order valence-corrected chi connectivity index (χ0v) is 18.1. The molecule has 2 heterocycles. The Morgan fingerprint density at radius 1 is 1.09 bits per heavy atom. The van der Waals surface area contributed by atoms with E-state index >= 15 is 0 Å². The number of carbonyl (C=O) groups excluding carboxylic acids is 2. The second-order valence-corrected chi connectivity index (χ2v) is 7.85. The predicted molar refractivity (Wildman–Crippen MR) is 116 cm³/mol. The Morgan fingerprint density at radius 2 is 1.79 bits per heavy atom. The third kappa shape index (κ3) is 4.60. The molecule has 1 N–H and O–H groups in total. The number of methoxy groups -OCH3 is 1. The van der Waals surface area contributed by atoms with E-state index in [1.165, 1.54) is 48.4 Å². The van der Waals surface area contributed by atoms with Crippen LogP contribution in [0.4, 0.5) is 8.78 Å². The number of nitrogens with zero attached hydrogens (tertiary/aromatic N) is 2. The van der Waals surface area contributed by atoms with Crippen molar-refractivity contribution in [2.75, 3.05) is 46.5 Å². The number of ether oxygens (including phenoxy) is 2. The number of likely N-dealkylation sites (tertiary alicyclic amines) is 1. The number of amides is 1. The molecule has 9 heteroatoms. The first-order chi connectivity index (χ1) is 15.9. The third-order valence-corrected chi connectivity index (χ3v) is 5.91. The van der Waals surface area contributed by atoms with Gasteiger partial charge in [-0.2, -0.15) is 0 Å². The highest BCUT2D eigenvalue weighted by molar-refractivity contribution is 6.46. The third-order valence-electron chi connectivity index (χ3n) is 5.91. The van der Waals surface area contributed by atoms with Crippen LogP contribution in [0.5, 0.6) is 5.75 Å². The largest absolute Gasteiger partial charge is 0.507 e. The minimum absolute atomic E-state index is 0.0207. The molecule has 0 unspecified atom stereocenters. The summed E-state index contributed by atoms with van der Waals surface area (Å²) >= 11 is 0. The summed E-state index contributed by atoms with van der Waals surface area (Å²) in [4.78, 5) is 29.5. The number of hydrogen-bond acceptors (Lipinski definition) is 6. The van der Waals surface area contributed by atoms with Crippen LogP contribution in [0.2, 0.25) is 0 Å². The quantitative estimate of drug-likeness (QED) is 0.408. The van der Waals surface area contributed by atoms with Gasteiger partial charge < -0.3 is 19.5 Å². The lowest BCUT2D eigenvalue weighted by Gasteiger charge is -2.31. The van der Waals surface area contributed by atoms with Gasteiger partial charge in [0.05, 0.1) is 31.9 Å². The standard InChI is InChI=1S/C24H24F2N2O5/c1-32-19-7-4-16(14-18(19)26)22(29)20-21(15-2-5-17(25)6-3-15)28(24(31)23(20)30)9-8-27-10-12-33-13-11-27/h2-7,14,21,29H,8-13H2,1H3/b22-20+/t21-/m0/s1. The van der Waals surface area contributed by atoms with Crippen molar-refractivity contribution in [3.63, 3.8) is 0 Å². The highest BCUT2D eigenvalue weighted by atomic mass is 19.1. The van der Waals surface area contributed by atoms with E-state index in [0.29, 0.717) is 38.4 Å². The Balaban J connectivity index is 1.74. The average Bonchev–Trinajstić information content (AvgIpc) is 3.08. The van der Waals surface area contributed by atoms with E-state index in [1.807, 2.05) is 0 Å². The Morgan fingerprint density at radius 3 is 2.42 bits per heavy atom. The Labute approximate surface area is 189 Å². The smallest absolute Gasteiger partial charge is 0.295 e. The van der Waals surface area contributed by atoms with Gasteiger partial charge >= 0.3 is 0 Å². The van der Waals surface area contributed by atoms with Crippen molar-refractivity contribution in [3.8, 4) is 5.75 Å². The number of Topliss-reactive ketones (excluding diaryl/α,β-unsaturated/α-hetero) is 1. The topological polar surface area (TPSA) is 79.3 Å². The van der Waals surface area contributed by atoms with E-state index in [9.17, 15) is 23.5 Å². The van der Waals surface area contributed by atoms with E-state index in [-0.39, 0.29) is 23.4 Å². The number of morpholine rings is 1. The summed E-state index contributed by atoms with van der Waals surface area (Å²) in [6, 6.07) is 8.22. The Hall–Kier alpha value is -3.30. The average molecular weight is 458 g/mol. The van der Waals surface area contributed by atoms with Gasteiger partial charge in [0.15, 0.2) is 11.6 Å². The van der Waals surface area contributed by atoms with Crippen molar-refractivity contribution in [3.05, 3.63) is 70.8 Å². The zero-order chi connectivity index (χ0) is 23.5. The summed E-state index contributed by atoms with van der Waals surface area (Å²) in [5.41, 5.74) is 0.331. The van der Waals surface area contributed by atoms with Gasteiger partial charge in [-0.3, -0.25) is 14.5 Å². The molecule has 0 spiro atoms. The van der Waals surface area contributed by atoms with Gasteiger partial charge in [0.25, 0.3) is 11.7 Å². The molecule has 7 nitrogen and oxygen atoms in total. The first-order valence-electron chi connectivity index (χ1n) is 10.6. The van der Waals surface area contributed by atoms with Crippen LogP contribution >= 0.6 is 0 Å². The Bertz CT molecular complexity index is 1080. The summed E-state index contributed by atoms with van der Waals surface area (Å²) in [7, 11) is 1.31. The maximum atomic E-state index is 14.3. The molecule has 0 bridgehead atoms. The van der Waals surface area contributed by atoms with Crippen LogP contribution in [-0.4, -0.2) is 73.1 Å². The number of carbonyl (C=O) groups is 2. The van der Waals surface area contributed by atoms with Crippen molar-refractivity contribution in [2.45, 2.75) is 6.04 Å². The number of aliphatic hydroxyl groups is 1. The number of hydrogen-bond donors (Lipinski definition) is 1. The van der Waals surface area contributed by atoms with E-state index in [0.717, 1.165) is 6.07 Å². The van der Waals surface area contributed by atoms with Crippen molar-refractivity contribution >= 4 is 17.4 Å². The van der Waals surface area contributed by atoms with Gasteiger partial charge in [-0.25, -0.2) is 8.78 Å². The molecule has 4 rings (SSSR count). The molecule has 2 saturated heterocycles. The SMILES string of the molecule is COc1ccc(/C(O)=C2\C(=O)C(=O)N(CCN3CCOCC3)[C@H]2c2ccc(F)cc2)cc1F. The molecular weight excluding hydrogens is 434 g/mol. The van der Waals surface area contributed by atoms with Crippen molar-refractivity contribution in [1.29, 1.82) is 0 Å². The van der Waals surface area contributed by atoms with Gasteiger partial charge in [0.2, 0.25) is 0 Å². The molecule has 33 heavy (non-hydrogen) atoms. The minimum Gasteiger partial charge on any atom is -0.507 e. The van der Waals surface area contributed by atoms with Crippen molar-refractivity contribution in [1.82, 2.24) is 9.80 Å². The number of aliphatic hydroxyl groups excluding tert-OH is 1. The van der Waals surface area contributed by atoms with Crippen LogP contribution in [0, 0.1) is 11.6 Å². The van der Waals surface area contributed by atoms with Crippen LogP contribution in [0.15, 0.2) is 48.0 Å². The van der Waals surface area contributed by atoms with Gasteiger partial charge in [0.1, 0.15) is 11.6 Å². The second kappa shape index (κ2) is 9.68. The van der Waals surface area contributed by atoms with Gasteiger partial charge in [-0.05, 0) is 35.9 Å². The molecule has 1 atom stereocenters. The maximum Gasteiger partial charge on any atom is 0.295 e. The molecule has 2 aliphatic heterocycles. The molecular formula is C24H24F2N2O5. The summed E-state index contributed by atoms with van der Waals surface area (Å²) in [5, 5.41) is 11.0. The predicted octanol–water partition coefficient (Wildman–Crippen LogP) is 2.73. The first-order valence-corrected chi connectivity index (χ1v) is 10.6. The molecule has 0 aliphatic carbocycles. The fourth-order valence-electron chi connectivity index (χ4n) is 4.15. The fraction of sp³-hybridized carbons (Fsp3) is 0.333. The number of halogens is 2.